The third-order valence-corrected chi connectivity index (χ3v) is 3.83. The van der Waals surface area contributed by atoms with E-state index in [1.165, 1.54) is 17.1 Å². The summed E-state index contributed by atoms with van der Waals surface area (Å²) in [6.07, 6.45) is 1.18. The molecule has 0 fully saturated rings. The standard InChI is InChI=1S/C16H31N3S/c1-6-7-17-8-16-18-15(12-20-16)11-19(9-13(2)3)10-14(4)5/h12-14,17H,6-11H2,1-5H3. The van der Waals surface area contributed by atoms with Gasteiger partial charge in [-0.2, -0.15) is 0 Å². The Kier molecular flexibility index (Phi) is 8.34. The van der Waals surface area contributed by atoms with Crippen molar-refractivity contribution in [2.45, 2.75) is 54.1 Å². The molecule has 1 N–H and O–H groups in total. The number of hydrogen-bond donors (Lipinski definition) is 1. The average Bonchev–Trinajstić information content (AvgIpc) is 2.75. The minimum Gasteiger partial charge on any atom is -0.310 e. The second-order valence-corrected chi connectivity index (χ2v) is 7.33. The van der Waals surface area contributed by atoms with Crippen LogP contribution in [0.5, 0.6) is 0 Å². The van der Waals surface area contributed by atoms with Gasteiger partial charge in [-0.1, -0.05) is 34.6 Å². The molecule has 0 aliphatic heterocycles. The molecule has 0 saturated heterocycles. The van der Waals surface area contributed by atoms with Gasteiger partial charge in [-0.3, -0.25) is 4.90 Å². The second-order valence-electron chi connectivity index (χ2n) is 6.39. The van der Waals surface area contributed by atoms with Gasteiger partial charge in [0, 0.05) is 31.6 Å². The van der Waals surface area contributed by atoms with E-state index in [2.05, 4.69) is 50.2 Å². The number of aromatic nitrogens is 1. The maximum absolute atomic E-state index is 4.75. The lowest BCUT2D eigenvalue weighted by molar-refractivity contribution is 0.209. The zero-order valence-electron chi connectivity index (χ0n) is 13.8. The number of rotatable bonds is 10. The summed E-state index contributed by atoms with van der Waals surface area (Å²) in [4.78, 5) is 7.29. The van der Waals surface area contributed by atoms with E-state index in [0.29, 0.717) is 11.8 Å². The van der Waals surface area contributed by atoms with Gasteiger partial charge in [0.1, 0.15) is 5.01 Å². The highest BCUT2D eigenvalue weighted by Crippen LogP contribution is 2.14. The molecule has 3 nitrogen and oxygen atoms in total. The zero-order valence-corrected chi connectivity index (χ0v) is 14.6. The quantitative estimate of drug-likeness (QED) is 0.667. The van der Waals surface area contributed by atoms with Gasteiger partial charge in [0.05, 0.1) is 5.69 Å². The van der Waals surface area contributed by atoms with Gasteiger partial charge in [-0.05, 0) is 24.8 Å². The third-order valence-electron chi connectivity index (χ3n) is 2.93. The fourth-order valence-corrected chi connectivity index (χ4v) is 3.10. The predicted octanol–water partition coefficient (Wildman–Crippen LogP) is 3.76. The van der Waals surface area contributed by atoms with Crippen LogP contribution in [0.2, 0.25) is 0 Å². The topological polar surface area (TPSA) is 28.2 Å². The molecule has 1 aromatic rings. The van der Waals surface area contributed by atoms with Crippen LogP contribution in [0.1, 0.15) is 51.7 Å². The molecule has 0 spiro atoms. The molecule has 20 heavy (non-hydrogen) atoms. The van der Waals surface area contributed by atoms with Gasteiger partial charge < -0.3 is 5.32 Å². The Morgan fingerprint density at radius 3 is 2.40 bits per heavy atom. The minimum atomic E-state index is 0.707. The number of nitrogens with zero attached hydrogens (tertiary/aromatic N) is 2. The molecular formula is C16H31N3S. The Morgan fingerprint density at radius 1 is 1.20 bits per heavy atom. The smallest absolute Gasteiger partial charge is 0.107 e. The summed E-state index contributed by atoms with van der Waals surface area (Å²) in [5.74, 6) is 1.41. The molecule has 0 atom stereocenters. The normalized spacial score (nSPS) is 12.0. The van der Waals surface area contributed by atoms with Gasteiger partial charge in [-0.15, -0.1) is 11.3 Å². The van der Waals surface area contributed by atoms with Crippen LogP contribution in [0, 0.1) is 11.8 Å². The molecule has 0 bridgehead atoms. The summed E-state index contributed by atoms with van der Waals surface area (Å²) in [6, 6.07) is 0. The molecule has 1 aromatic heterocycles. The molecule has 0 aliphatic rings. The molecule has 116 valence electrons. The van der Waals surface area contributed by atoms with E-state index in [9.17, 15) is 0 Å². The van der Waals surface area contributed by atoms with Crippen LogP contribution in [0.25, 0.3) is 0 Å². The summed E-state index contributed by atoms with van der Waals surface area (Å²) >= 11 is 1.78. The molecule has 0 unspecified atom stereocenters. The highest BCUT2D eigenvalue weighted by atomic mass is 32.1. The maximum atomic E-state index is 4.75. The predicted molar refractivity (Wildman–Crippen MR) is 89.1 cm³/mol. The molecule has 0 radical (unpaired) electrons. The molecule has 1 rings (SSSR count). The van der Waals surface area contributed by atoms with E-state index in [4.69, 9.17) is 4.98 Å². The average molecular weight is 298 g/mol. The lowest BCUT2D eigenvalue weighted by Gasteiger charge is -2.25. The van der Waals surface area contributed by atoms with Crippen LogP contribution in [-0.4, -0.2) is 29.5 Å². The fraction of sp³-hybridized carbons (Fsp3) is 0.812. The Balaban J connectivity index is 2.50. The summed E-state index contributed by atoms with van der Waals surface area (Å²) < 4.78 is 0. The van der Waals surface area contributed by atoms with Crippen LogP contribution < -0.4 is 5.32 Å². The molecule has 0 amide bonds. The van der Waals surface area contributed by atoms with E-state index < -0.39 is 0 Å². The van der Waals surface area contributed by atoms with E-state index in [1.54, 1.807) is 11.3 Å². The van der Waals surface area contributed by atoms with Crippen molar-refractivity contribution in [3.05, 3.63) is 16.1 Å². The first kappa shape index (κ1) is 17.6. The van der Waals surface area contributed by atoms with Crippen molar-refractivity contribution in [1.29, 1.82) is 0 Å². The van der Waals surface area contributed by atoms with Crippen LogP contribution in [0.15, 0.2) is 5.38 Å². The lowest BCUT2D eigenvalue weighted by Crippen LogP contribution is -2.31. The largest absolute Gasteiger partial charge is 0.310 e. The van der Waals surface area contributed by atoms with E-state index in [0.717, 1.165) is 32.7 Å². The number of hydrogen-bond acceptors (Lipinski definition) is 4. The van der Waals surface area contributed by atoms with Crippen molar-refractivity contribution in [3.63, 3.8) is 0 Å². The first-order valence-corrected chi connectivity index (χ1v) is 8.75. The summed E-state index contributed by atoms with van der Waals surface area (Å²) in [5, 5.41) is 6.85. The van der Waals surface area contributed by atoms with E-state index >= 15 is 0 Å². The van der Waals surface area contributed by atoms with Crippen LogP contribution >= 0.6 is 11.3 Å². The van der Waals surface area contributed by atoms with Gasteiger partial charge in [0.25, 0.3) is 0 Å². The van der Waals surface area contributed by atoms with Gasteiger partial charge in [0.15, 0.2) is 0 Å². The first-order chi connectivity index (χ1) is 9.51. The van der Waals surface area contributed by atoms with Gasteiger partial charge >= 0.3 is 0 Å². The van der Waals surface area contributed by atoms with Crippen molar-refractivity contribution in [1.82, 2.24) is 15.2 Å². The van der Waals surface area contributed by atoms with Gasteiger partial charge in [0.2, 0.25) is 0 Å². The van der Waals surface area contributed by atoms with Crippen molar-refractivity contribution in [3.8, 4) is 0 Å². The highest BCUT2D eigenvalue weighted by molar-refractivity contribution is 7.09. The molecule has 0 saturated carbocycles. The first-order valence-electron chi connectivity index (χ1n) is 7.87. The lowest BCUT2D eigenvalue weighted by atomic mass is 10.1. The third kappa shape index (κ3) is 7.36. The monoisotopic (exact) mass is 297 g/mol. The number of thiazole rings is 1. The van der Waals surface area contributed by atoms with Crippen LogP contribution in [0.3, 0.4) is 0 Å². The van der Waals surface area contributed by atoms with Crippen molar-refractivity contribution in [2.75, 3.05) is 19.6 Å². The van der Waals surface area contributed by atoms with E-state index in [-0.39, 0.29) is 0 Å². The highest BCUT2D eigenvalue weighted by Gasteiger charge is 2.12. The fourth-order valence-electron chi connectivity index (χ4n) is 2.34. The molecule has 1 heterocycles. The van der Waals surface area contributed by atoms with E-state index in [1.807, 2.05) is 0 Å². The Morgan fingerprint density at radius 2 is 1.85 bits per heavy atom. The second kappa shape index (κ2) is 9.48. The molecule has 0 aromatic carbocycles. The summed E-state index contributed by atoms with van der Waals surface area (Å²) in [5.41, 5.74) is 1.23. The zero-order chi connectivity index (χ0) is 15.0. The van der Waals surface area contributed by atoms with Crippen molar-refractivity contribution >= 4 is 11.3 Å². The van der Waals surface area contributed by atoms with Crippen LogP contribution in [-0.2, 0) is 13.1 Å². The molecule has 4 heteroatoms. The van der Waals surface area contributed by atoms with Gasteiger partial charge in [-0.25, -0.2) is 4.98 Å². The van der Waals surface area contributed by atoms with Crippen LogP contribution in [0.4, 0.5) is 0 Å². The summed E-state index contributed by atoms with van der Waals surface area (Å²) in [6.45, 7) is 16.6. The Hall–Kier alpha value is -0.450. The SMILES string of the molecule is CCCNCc1nc(CN(CC(C)C)CC(C)C)cs1. The minimum absolute atomic E-state index is 0.707. The Labute approximate surface area is 128 Å². The molecule has 0 aliphatic carbocycles. The van der Waals surface area contributed by atoms with Crippen molar-refractivity contribution < 1.29 is 0 Å². The maximum Gasteiger partial charge on any atom is 0.107 e. The van der Waals surface area contributed by atoms with Crippen molar-refractivity contribution in [2.24, 2.45) is 11.8 Å². The molecular weight excluding hydrogens is 266 g/mol. The summed E-state index contributed by atoms with van der Waals surface area (Å²) in [7, 11) is 0. The number of nitrogens with one attached hydrogen (secondary N) is 1. The Bertz CT molecular complexity index is 350.